The van der Waals surface area contributed by atoms with Gasteiger partial charge in [-0.3, -0.25) is 4.90 Å². The molecule has 1 saturated heterocycles. The normalized spacial score (nSPS) is 18.8. The standard InChI is InChI=1S/C12H20N4/c1-11(16-7-2-3-8-16)9-13-10-12-14-5-4-6-15-12/h4-6,11,13H,2-3,7-10H2,1H3. The van der Waals surface area contributed by atoms with Crippen LogP contribution in [0.4, 0.5) is 0 Å². The van der Waals surface area contributed by atoms with E-state index < -0.39 is 0 Å². The van der Waals surface area contributed by atoms with Crippen LogP contribution in [0.15, 0.2) is 18.5 Å². The number of hydrogen-bond donors (Lipinski definition) is 1. The Morgan fingerprint density at radius 2 is 2.00 bits per heavy atom. The van der Waals surface area contributed by atoms with E-state index >= 15 is 0 Å². The Hall–Kier alpha value is -1.00. The van der Waals surface area contributed by atoms with Gasteiger partial charge in [0.25, 0.3) is 0 Å². The summed E-state index contributed by atoms with van der Waals surface area (Å²) in [4.78, 5) is 10.9. The molecule has 2 heterocycles. The molecule has 1 aromatic rings. The molecule has 88 valence electrons. The largest absolute Gasteiger partial charge is 0.308 e. The average Bonchev–Trinajstić information content (AvgIpc) is 2.84. The molecule has 1 N–H and O–H groups in total. The first-order valence-corrected chi connectivity index (χ1v) is 6.07. The molecule has 1 aliphatic rings. The third-order valence-electron chi connectivity index (χ3n) is 3.11. The van der Waals surface area contributed by atoms with Gasteiger partial charge in [0.1, 0.15) is 5.82 Å². The molecular weight excluding hydrogens is 200 g/mol. The van der Waals surface area contributed by atoms with E-state index in [1.54, 1.807) is 12.4 Å². The number of hydrogen-bond acceptors (Lipinski definition) is 4. The Labute approximate surface area is 97.1 Å². The van der Waals surface area contributed by atoms with Crippen LogP contribution in [0.2, 0.25) is 0 Å². The van der Waals surface area contributed by atoms with Crippen LogP contribution in [-0.4, -0.2) is 40.5 Å². The van der Waals surface area contributed by atoms with Gasteiger partial charge in [-0.25, -0.2) is 9.97 Å². The molecule has 4 heteroatoms. The highest BCUT2D eigenvalue weighted by molar-refractivity contribution is 4.88. The van der Waals surface area contributed by atoms with Crippen molar-refractivity contribution in [1.29, 1.82) is 0 Å². The van der Waals surface area contributed by atoms with Gasteiger partial charge >= 0.3 is 0 Å². The molecular formula is C12H20N4. The van der Waals surface area contributed by atoms with Crippen LogP contribution in [0.5, 0.6) is 0 Å². The zero-order valence-electron chi connectivity index (χ0n) is 9.89. The lowest BCUT2D eigenvalue weighted by Crippen LogP contribution is -2.38. The van der Waals surface area contributed by atoms with Crippen molar-refractivity contribution in [2.45, 2.75) is 32.4 Å². The highest BCUT2D eigenvalue weighted by Gasteiger charge is 2.17. The van der Waals surface area contributed by atoms with Gasteiger partial charge < -0.3 is 5.32 Å². The summed E-state index contributed by atoms with van der Waals surface area (Å²) in [5.74, 6) is 0.871. The third kappa shape index (κ3) is 3.25. The van der Waals surface area contributed by atoms with Crippen molar-refractivity contribution in [2.24, 2.45) is 0 Å². The molecule has 1 aliphatic heterocycles. The monoisotopic (exact) mass is 220 g/mol. The summed E-state index contributed by atoms with van der Waals surface area (Å²) in [7, 11) is 0. The van der Waals surface area contributed by atoms with Gasteiger partial charge in [0.15, 0.2) is 0 Å². The zero-order valence-corrected chi connectivity index (χ0v) is 9.89. The van der Waals surface area contributed by atoms with Gasteiger partial charge in [0, 0.05) is 25.0 Å². The van der Waals surface area contributed by atoms with E-state index in [2.05, 4.69) is 27.1 Å². The summed E-state index contributed by atoms with van der Waals surface area (Å²) >= 11 is 0. The van der Waals surface area contributed by atoms with Crippen LogP contribution in [0.25, 0.3) is 0 Å². The smallest absolute Gasteiger partial charge is 0.141 e. The molecule has 0 amide bonds. The topological polar surface area (TPSA) is 41.1 Å². The summed E-state index contributed by atoms with van der Waals surface area (Å²) in [6, 6.07) is 2.46. The minimum Gasteiger partial charge on any atom is -0.308 e. The molecule has 16 heavy (non-hydrogen) atoms. The van der Waals surface area contributed by atoms with Gasteiger partial charge in [-0.1, -0.05) is 0 Å². The predicted molar refractivity (Wildman–Crippen MR) is 64.0 cm³/mol. The van der Waals surface area contributed by atoms with Crippen molar-refractivity contribution in [3.63, 3.8) is 0 Å². The van der Waals surface area contributed by atoms with E-state index in [-0.39, 0.29) is 0 Å². The zero-order chi connectivity index (χ0) is 11.2. The predicted octanol–water partition coefficient (Wildman–Crippen LogP) is 1.05. The van der Waals surface area contributed by atoms with Crippen molar-refractivity contribution in [2.75, 3.05) is 19.6 Å². The maximum Gasteiger partial charge on any atom is 0.141 e. The lowest BCUT2D eigenvalue weighted by atomic mass is 10.3. The van der Waals surface area contributed by atoms with Crippen LogP contribution >= 0.6 is 0 Å². The molecule has 1 fully saturated rings. The van der Waals surface area contributed by atoms with E-state index in [0.29, 0.717) is 6.04 Å². The molecule has 0 radical (unpaired) electrons. The Balaban J connectivity index is 1.67. The number of nitrogens with one attached hydrogen (secondary N) is 1. The first-order valence-electron chi connectivity index (χ1n) is 6.07. The maximum absolute atomic E-state index is 4.19. The van der Waals surface area contributed by atoms with E-state index in [0.717, 1.165) is 18.9 Å². The van der Waals surface area contributed by atoms with Crippen molar-refractivity contribution in [1.82, 2.24) is 20.2 Å². The van der Waals surface area contributed by atoms with Crippen molar-refractivity contribution in [3.05, 3.63) is 24.3 Å². The lowest BCUT2D eigenvalue weighted by molar-refractivity contribution is 0.251. The summed E-state index contributed by atoms with van der Waals surface area (Å²) in [5, 5.41) is 3.41. The fourth-order valence-corrected chi connectivity index (χ4v) is 2.13. The highest BCUT2D eigenvalue weighted by atomic mass is 15.2. The van der Waals surface area contributed by atoms with E-state index in [1.807, 2.05) is 6.07 Å². The van der Waals surface area contributed by atoms with Crippen LogP contribution in [0, 0.1) is 0 Å². The molecule has 0 spiro atoms. The lowest BCUT2D eigenvalue weighted by Gasteiger charge is -2.23. The van der Waals surface area contributed by atoms with Crippen molar-refractivity contribution >= 4 is 0 Å². The third-order valence-corrected chi connectivity index (χ3v) is 3.11. The van der Waals surface area contributed by atoms with Crippen LogP contribution in [-0.2, 0) is 6.54 Å². The van der Waals surface area contributed by atoms with Gasteiger partial charge in [0.05, 0.1) is 6.54 Å². The maximum atomic E-state index is 4.19. The minimum atomic E-state index is 0.617. The number of likely N-dealkylation sites (tertiary alicyclic amines) is 1. The molecule has 1 atom stereocenters. The first-order chi connectivity index (χ1) is 7.86. The molecule has 0 aromatic carbocycles. The second-order valence-electron chi connectivity index (χ2n) is 4.39. The van der Waals surface area contributed by atoms with E-state index in [1.165, 1.54) is 25.9 Å². The summed E-state index contributed by atoms with van der Waals surface area (Å²) < 4.78 is 0. The molecule has 0 aliphatic carbocycles. The fourth-order valence-electron chi connectivity index (χ4n) is 2.13. The SMILES string of the molecule is CC(CNCc1ncccn1)N1CCCC1. The molecule has 1 aromatic heterocycles. The Morgan fingerprint density at radius 1 is 1.31 bits per heavy atom. The first kappa shape index (κ1) is 11.5. The van der Waals surface area contributed by atoms with Crippen molar-refractivity contribution in [3.8, 4) is 0 Å². The quantitative estimate of drug-likeness (QED) is 0.805. The van der Waals surface area contributed by atoms with Gasteiger partial charge in [-0.2, -0.15) is 0 Å². The second-order valence-corrected chi connectivity index (χ2v) is 4.39. The van der Waals surface area contributed by atoms with Crippen LogP contribution < -0.4 is 5.32 Å². The van der Waals surface area contributed by atoms with E-state index in [9.17, 15) is 0 Å². The molecule has 1 unspecified atom stereocenters. The van der Waals surface area contributed by atoms with Crippen LogP contribution in [0.1, 0.15) is 25.6 Å². The van der Waals surface area contributed by atoms with Gasteiger partial charge in [0.2, 0.25) is 0 Å². The van der Waals surface area contributed by atoms with Crippen LogP contribution in [0.3, 0.4) is 0 Å². The van der Waals surface area contributed by atoms with Crippen molar-refractivity contribution < 1.29 is 0 Å². The second kappa shape index (κ2) is 5.92. The number of rotatable bonds is 5. The van der Waals surface area contributed by atoms with Gasteiger partial charge in [-0.15, -0.1) is 0 Å². The Bertz CT molecular complexity index is 295. The number of aromatic nitrogens is 2. The minimum absolute atomic E-state index is 0.617. The average molecular weight is 220 g/mol. The van der Waals surface area contributed by atoms with Gasteiger partial charge in [-0.05, 0) is 38.9 Å². The molecule has 0 saturated carbocycles. The molecule has 4 nitrogen and oxygen atoms in total. The Kier molecular flexibility index (Phi) is 4.25. The molecule has 2 rings (SSSR count). The highest BCUT2D eigenvalue weighted by Crippen LogP contribution is 2.10. The molecule has 0 bridgehead atoms. The summed E-state index contributed by atoms with van der Waals surface area (Å²) in [6.07, 6.45) is 6.28. The van der Waals surface area contributed by atoms with E-state index in [4.69, 9.17) is 0 Å². The summed E-state index contributed by atoms with van der Waals surface area (Å²) in [5.41, 5.74) is 0. The Morgan fingerprint density at radius 3 is 2.69 bits per heavy atom. The fraction of sp³-hybridized carbons (Fsp3) is 0.667. The number of nitrogens with zero attached hydrogens (tertiary/aromatic N) is 3. The summed E-state index contributed by atoms with van der Waals surface area (Å²) in [6.45, 7) is 6.57.